The first-order valence-corrected chi connectivity index (χ1v) is 11.4. The molecule has 2 aliphatic rings. The topological polar surface area (TPSA) is 76.6 Å². The minimum atomic E-state index is -0.535. The van der Waals surface area contributed by atoms with Gasteiger partial charge in [-0.05, 0) is 43.4 Å². The van der Waals surface area contributed by atoms with E-state index >= 15 is 0 Å². The molecular formula is C25H27FN4O3. The summed E-state index contributed by atoms with van der Waals surface area (Å²) in [4.78, 5) is 47.8. The lowest BCUT2D eigenvalue weighted by Crippen LogP contribution is -2.57. The van der Waals surface area contributed by atoms with Gasteiger partial charge in [0, 0.05) is 43.3 Å². The number of hydrogen-bond acceptors (Lipinski definition) is 4. The van der Waals surface area contributed by atoms with E-state index in [1.54, 1.807) is 23.4 Å². The largest absolute Gasteiger partial charge is 0.332 e. The van der Waals surface area contributed by atoms with E-state index in [1.165, 1.54) is 23.0 Å². The summed E-state index contributed by atoms with van der Waals surface area (Å²) < 4.78 is 16.1. The van der Waals surface area contributed by atoms with Crippen LogP contribution in [-0.4, -0.2) is 50.6 Å². The van der Waals surface area contributed by atoms with E-state index in [-0.39, 0.29) is 47.8 Å². The van der Waals surface area contributed by atoms with Gasteiger partial charge in [0.1, 0.15) is 5.82 Å². The number of hydrogen-bond donors (Lipinski definition) is 0. The van der Waals surface area contributed by atoms with Crippen LogP contribution in [0.3, 0.4) is 0 Å². The van der Waals surface area contributed by atoms with Crippen LogP contribution in [0.4, 0.5) is 4.39 Å². The second-order valence-electron chi connectivity index (χ2n) is 8.91. The molecule has 1 saturated heterocycles. The van der Waals surface area contributed by atoms with E-state index in [2.05, 4.69) is 9.83 Å². The van der Waals surface area contributed by atoms with Gasteiger partial charge in [-0.25, -0.2) is 15.9 Å². The number of carbonyl (C=O) groups is 3. The van der Waals surface area contributed by atoms with Crippen molar-refractivity contribution in [2.75, 3.05) is 6.54 Å². The Morgan fingerprint density at radius 3 is 2.58 bits per heavy atom. The van der Waals surface area contributed by atoms with Crippen molar-refractivity contribution in [3.63, 3.8) is 0 Å². The van der Waals surface area contributed by atoms with Crippen LogP contribution in [0.5, 0.6) is 0 Å². The number of rotatable bonds is 10. The lowest BCUT2D eigenvalue weighted by atomic mass is 9.88. The van der Waals surface area contributed by atoms with Crippen LogP contribution in [0.2, 0.25) is 0 Å². The fourth-order valence-corrected chi connectivity index (χ4v) is 4.41. The first-order valence-electron chi connectivity index (χ1n) is 11.4. The van der Waals surface area contributed by atoms with Crippen LogP contribution in [0, 0.1) is 24.2 Å². The SMILES string of the molecule is [C-]#[N+]C(CC)CC(=O)C1CCN1C(=O)C(CC(=O)c1ccc(-n2ccnc2)c(F)c1)C1CC1. The lowest BCUT2D eigenvalue weighted by molar-refractivity contribution is -0.150. The number of imidazole rings is 1. The molecule has 1 aromatic heterocycles. The van der Waals surface area contributed by atoms with Crippen molar-refractivity contribution >= 4 is 17.5 Å². The molecule has 0 bridgehead atoms. The second-order valence-corrected chi connectivity index (χ2v) is 8.91. The van der Waals surface area contributed by atoms with E-state index in [0.29, 0.717) is 25.1 Å². The summed E-state index contributed by atoms with van der Waals surface area (Å²) in [5, 5.41) is 0. The lowest BCUT2D eigenvalue weighted by Gasteiger charge is -2.42. The van der Waals surface area contributed by atoms with Crippen LogP contribution in [-0.2, 0) is 9.59 Å². The summed E-state index contributed by atoms with van der Waals surface area (Å²) in [5.41, 5.74) is 0.527. The van der Waals surface area contributed by atoms with Gasteiger partial charge in [0.15, 0.2) is 11.6 Å². The van der Waals surface area contributed by atoms with E-state index in [1.807, 2.05) is 6.92 Å². The average molecular weight is 451 g/mol. The fraction of sp³-hybridized carbons (Fsp3) is 0.480. The van der Waals surface area contributed by atoms with Crippen molar-refractivity contribution in [3.8, 4) is 5.69 Å². The van der Waals surface area contributed by atoms with Crippen LogP contribution < -0.4 is 0 Å². The van der Waals surface area contributed by atoms with E-state index < -0.39 is 17.8 Å². The predicted molar refractivity (Wildman–Crippen MR) is 119 cm³/mol. The molecular weight excluding hydrogens is 423 g/mol. The van der Waals surface area contributed by atoms with E-state index in [0.717, 1.165) is 12.8 Å². The minimum Gasteiger partial charge on any atom is -0.332 e. The smallest absolute Gasteiger partial charge is 0.230 e. The number of carbonyl (C=O) groups excluding carboxylic acids is 3. The Labute approximate surface area is 192 Å². The molecule has 2 fully saturated rings. The molecule has 3 unspecified atom stereocenters. The van der Waals surface area contributed by atoms with Gasteiger partial charge in [-0.15, -0.1) is 0 Å². The summed E-state index contributed by atoms with van der Waals surface area (Å²) >= 11 is 0. The molecule has 7 nitrogen and oxygen atoms in total. The first kappa shape index (κ1) is 22.8. The van der Waals surface area contributed by atoms with Crippen molar-refractivity contribution in [3.05, 3.63) is 59.7 Å². The molecule has 1 saturated carbocycles. The third-order valence-electron chi connectivity index (χ3n) is 6.73. The Kier molecular flexibility index (Phi) is 6.68. The van der Waals surface area contributed by atoms with E-state index in [4.69, 9.17) is 6.57 Å². The van der Waals surface area contributed by atoms with Crippen molar-refractivity contribution in [1.82, 2.24) is 14.5 Å². The highest BCUT2D eigenvalue weighted by Crippen LogP contribution is 2.41. The van der Waals surface area contributed by atoms with Crippen LogP contribution in [0.25, 0.3) is 10.5 Å². The Balaban J connectivity index is 1.43. The summed E-state index contributed by atoms with van der Waals surface area (Å²) in [6.45, 7) is 9.56. The molecule has 2 aromatic rings. The van der Waals surface area contributed by atoms with Gasteiger partial charge >= 0.3 is 0 Å². The van der Waals surface area contributed by atoms with Crippen molar-refractivity contribution in [1.29, 1.82) is 0 Å². The number of aromatic nitrogens is 2. The normalized spacial score (nSPS) is 19.3. The Morgan fingerprint density at radius 1 is 1.24 bits per heavy atom. The molecule has 3 atom stereocenters. The summed E-state index contributed by atoms with van der Waals surface area (Å²) in [6.07, 6.45) is 7.76. The maximum atomic E-state index is 14.6. The van der Waals surface area contributed by atoms with Crippen LogP contribution in [0.15, 0.2) is 36.9 Å². The number of likely N-dealkylation sites (tertiary alicyclic amines) is 1. The third kappa shape index (κ3) is 4.87. The Bertz CT molecular complexity index is 1090. The Morgan fingerprint density at radius 2 is 2.03 bits per heavy atom. The standard InChI is InChI=1S/C25H27FN4O3/c1-3-18(27-2)13-24(32)22-8-10-30(22)25(33)19(16-4-5-16)14-23(31)17-6-7-21(20(26)12-17)29-11-9-28-15-29/h6-7,9,11-12,15-16,18-19,22H,3-5,8,10,13-14H2,1H3. The van der Waals surface area contributed by atoms with Gasteiger partial charge in [0.2, 0.25) is 11.9 Å². The highest BCUT2D eigenvalue weighted by atomic mass is 19.1. The number of nitrogens with zero attached hydrogens (tertiary/aromatic N) is 4. The van der Waals surface area contributed by atoms with Gasteiger partial charge in [0.25, 0.3) is 0 Å². The predicted octanol–water partition coefficient (Wildman–Crippen LogP) is 3.87. The third-order valence-corrected chi connectivity index (χ3v) is 6.73. The highest BCUT2D eigenvalue weighted by molar-refractivity contribution is 6.00. The number of amides is 1. The molecule has 2 heterocycles. The van der Waals surface area contributed by atoms with Gasteiger partial charge in [0.05, 0.1) is 24.5 Å². The number of benzene rings is 1. The molecule has 33 heavy (non-hydrogen) atoms. The quantitative estimate of drug-likeness (QED) is 0.407. The molecule has 1 aromatic carbocycles. The molecule has 1 amide bonds. The molecule has 172 valence electrons. The zero-order chi connectivity index (χ0) is 23.5. The summed E-state index contributed by atoms with van der Waals surface area (Å²) in [6, 6.07) is 3.47. The second kappa shape index (κ2) is 9.65. The van der Waals surface area contributed by atoms with Crippen LogP contribution in [0.1, 0.15) is 55.8 Å². The number of ketones is 2. The maximum Gasteiger partial charge on any atom is 0.230 e. The summed E-state index contributed by atoms with van der Waals surface area (Å²) in [5.74, 6) is -1.42. The Hall–Kier alpha value is -3.34. The molecule has 0 N–H and O–H groups in total. The molecule has 1 aliphatic heterocycles. The van der Waals surface area contributed by atoms with Gasteiger partial charge in [-0.3, -0.25) is 14.4 Å². The molecule has 1 aliphatic carbocycles. The zero-order valence-electron chi connectivity index (χ0n) is 18.6. The van der Waals surface area contributed by atoms with E-state index in [9.17, 15) is 18.8 Å². The van der Waals surface area contributed by atoms with Crippen molar-refractivity contribution in [2.45, 2.75) is 57.5 Å². The van der Waals surface area contributed by atoms with Gasteiger partial charge in [-0.2, -0.15) is 0 Å². The van der Waals surface area contributed by atoms with Gasteiger partial charge in [-0.1, -0.05) is 6.92 Å². The monoisotopic (exact) mass is 450 g/mol. The zero-order valence-corrected chi connectivity index (χ0v) is 18.6. The molecule has 0 radical (unpaired) electrons. The summed E-state index contributed by atoms with van der Waals surface area (Å²) in [7, 11) is 0. The molecule has 0 spiro atoms. The van der Waals surface area contributed by atoms with Gasteiger partial charge < -0.3 is 14.3 Å². The van der Waals surface area contributed by atoms with Crippen molar-refractivity contribution < 1.29 is 18.8 Å². The maximum absolute atomic E-state index is 14.6. The van der Waals surface area contributed by atoms with Crippen LogP contribution >= 0.6 is 0 Å². The fourth-order valence-electron chi connectivity index (χ4n) is 4.41. The first-order chi connectivity index (χ1) is 15.9. The molecule has 4 rings (SSSR count). The number of halogens is 1. The minimum absolute atomic E-state index is 0.00438. The van der Waals surface area contributed by atoms with Crippen molar-refractivity contribution in [2.24, 2.45) is 11.8 Å². The number of Topliss-reactive ketones (excluding diaryl/α,β-unsaturated/α-hetero) is 2. The molecule has 8 heteroatoms. The highest BCUT2D eigenvalue weighted by Gasteiger charge is 2.45. The average Bonchev–Trinajstić information content (AvgIpc) is 3.47.